The Balaban J connectivity index is 1.77. The van der Waals surface area contributed by atoms with Crippen molar-refractivity contribution in [3.05, 3.63) is 29.8 Å². The van der Waals surface area contributed by atoms with Crippen molar-refractivity contribution >= 4 is 5.91 Å². The molecule has 0 aliphatic carbocycles. The molecule has 0 saturated carbocycles. The molecule has 0 spiro atoms. The molecule has 1 aromatic rings. The lowest BCUT2D eigenvalue weighted by Crippen LogP contribution is -2.32. The van der Waals surface area contributed by atoms with Gasteiger partial charge in [-0.05, 0) is 44.4 Å². The molecule has 4 nitrogen and oxygen atoms in total. The third kappa shape index (κ3) is 4.53. The third-order valence-corrected chi connectivity index (χ3v) is 3.28. The summed E-state index contributed by atoms with van der Waals surface area (Å²) in [6.07, 6.45) is 1.82. The summed E-state index contributed by atoms with van der Waals surface area (Å²) in [6.45, 7) is 5.93. The Kier molecular flexibility index (Phi) is 5.41. The molecule has 1 aliphatic heterocycles. The van der Waals surface area contributed by atoms with Crippen molar-refractivity contribution in [3.63, 3.8) is 0 Å². The highest BCUT2D eigenvalue weighted by atomic mass is 16.5. The molecule has 0 radical (unpaired) electrons. The molecule has 0 unspecified atom stereocenters. The van der Waals surface area contributed by atoms with Gasteiger partial charge < -0.3 is 14.8 Å². The highest BCUT2D eigenvalue weighted by molar-refractivity contribution is 5.78. The second-order valence-electron chi connectivity index (χ2n) is 5.42. The molecule has 1 saturated heterocycles. The van der Waals surface area contributed by atoms with Gasteiger partial charge in [-0.1, -0.05) is 12.1 Å². The van der Waals surface area contributed by atoms with E-state index in [1.165, 1.54) is 5.56 Å². The molecule has 1 aliphatic rings. The Morgan fingerprint density at radius 2 is 2.35 bits per heavy atom. The standard InChI is InChI=1S/C16H23NO3/c1-12(2)20-15-5-3-4-13(10-15)6-8-17-16(18)14-7-9-19-11-14/h3-5,10,12,14H,6-9,11H2,1-2H3,(H,17,18)/t14-/m0/s1. The fourth-order valence-electron chi connectivity index (χ4n) is 2.26. The first kappa shape index (κ1) is 14.9. The average Bonchev–Trinajstić information content (AvgIpc) is 2.92. The molecule has 1 atom stereocenters. The Labute approximate surface area is 120 Å². The van der Waals surface area contributed by atoms with Gasteiger partial charge in [-0.3, -0.25) is 4.79 Å². The number of carbonyl (C=O) groups is 1. The van der Waals surface area contributed by atoms with Crippen LogP contribution in [0.4, 0.5) is 0 Å². The van der Waals surface area contributed by atoms with E-state index in [4.69, 9.17) is 9.47 Å². The number of nitrogens with one attached hydrogen (secondary N) is 1. The lowest BCUT2D eigenvalue weighted by molar-refractivity contribution is -0.124. The number of ether oxygens (including phenoxy) is 2. The largest absolute Gasteiger partial charge is 0.491 e. The van der Waals surface area contributed by atoms with E-state index < -0.39 is 0 Å². The number of benzene rings is 1. The maximum atomic E-state index is 11.8. The van der Waals surface area contributed by atoms with E-state index >= 15 is 0 Å². The maximum Gasteiger partial charge on any atom is 0.225 e. The summed E-state index contributed by atoms with van der Waals surface area (Å²) in [5.74, 6) is 1.02. The van der Waals surface area contributed by atoms with Crippen LogP contribution in [0.25, 0.3) is 0 Å². The van der Waals surface area contributed by atoms with Crippen molar-refractivity contribution in [1.82, 2.24) is 5.32 Å². The van der Waals surface area contributed by atoms with Gasteiger partial charge in [0.25, 0.3) is 0 Å². The van der Waals surface area contributed by atoms with E-state index in [1.54, 1.807) is 0 Å². The second-order valence-corrected chi connectivity index (χ2v) is 5.42. The molecule has 0 aromatic heterocycles. The van der Waals surface area contributed by atoms with E-state index in [0.717, 1.165) is 18.6 Å². The summed E-state index contributed by atoms with van der Waals surface area (Å²) in [5, 5.41) is 2.97. The molecular weight excluding hydrogens is 254 g/mol. The van der Waals surface area contributed by atoms with Crippen molar-refractivity contribution in [3.8, 4) is 5.75 Å². The first-order valence-corrected chi connectivity index (χ1v) is 7.26. The zero-order valence-corrected chi connectivity index (χ0v) is 12.2. The van der Waals surface area contributed by atoms with Crippen LogP contribution < -0.4 is 10.1 Å². The van der Waals surface area contributed by atoms with E-state index in [1.807, 2.05) is 32.0 Å². The van der Waals surface area contributed by atoms with E-state index in [-0.39, 0.29) is 17.9 Å². The Hall–Kier alpha value is -1.55. The van der Waals surface area contributed by atoms with Crippen LogP contribution in [0.3, 0.4) is 0 Å². The van der Waals surface area contributed by atoms with Gasteiger partial charge in [0.1, 0.15) is 5.75 Å². The number of amides is 1. The minimum atomic E-state index is 0.0330. The monoisotopic (exact) mass is 277 g/mol. The number of rotatable bonds is 6. The average molecular weight is 277 g/mol. The molecule has 1 fully saturated rings. The van der Waals surface area contributed by atoms with Gasteiger partial charge >= 0.3 is 0 Å². The van der Waals surface area contributed by atoms with Crippen LogP contribution in [0.2, 0.25) is 0 Å². The first-order chi connectivity index (χ1) is 9.65. The van der Waals surface area contributed by atoms with Gasteiger partial charge in [0.15, 0.2) is 0 Å². The van der Waals surface area contributed by atoms with Gasteiger partial charge in [-0.2, -0.15) is 0 Å². The predicted octanol–water partition coefficient (Wildman–Crippen LogP) is 2.17. The topological polar surface area (TPSA) is 47.6 Å². The first-order valence-electron chi connectivity index (χ1n) is 7.26. The van der Waals surface area contributed by atoms with Crippen LogP contribution in [-0.4, -0.2) is 31.8 Å². The van der Waals surface area contributed by atoms with Gasteiger partial charge in [0.05, 0.1) is 18.6 Å². The lowest BCUT2D eigenvalue weighted by Gasteiger charge is -2.12. The zero-order chi connectivity index (χ0) is 14.4. The van der Waals surface area contributed by atoms with Crippen LogP contribution in [0.15, 0.2) is 24.3 Å². The van der Waals surface area contributed by atoms with Gasteiger partial charge in [-0.15, -0.1) is 0 Å². The molecule has 1 aromatic carbocycles. The summed E-state index contributed by atoms with van der Waals surface area (Å²) < 4.78 is 10.9. The van der Waals surface area contributed by atoms with Crippen molar-refractivity contribution in [2.45, 2.75) is 32.8 Å². The maximum absolute atomic E-state index is 11.8. The van der Waals surface area contributed by atoms with E-state index in [9.17, 15) is 4.79 Å². The molecular formula is C16H23NO3. The minimum absolute atomic E-state index is 0.0330. The molecule has 20 heavy (non-hydrogen) atoms. The fourth-order valence-corrected chi connectivity index (χ4v) is 2.26. The van der Waals surface area contributed by atoms with Crippen LogP contribution in [-0.2, 0) is 16.0 Å². The minimum Gasteiger partial charge on any atom is -0.491 e. The van der Waals surface area contributed by atoms with Crippen LogP contribution >= 0.6 is 0 Å². The predicted molar refractivity (Wildman–Crippen MR) is 77.8 cm³/mol. The van der Waals surface area contributed by atoms with Crippen molar-refractivity contribution < 1.29 is 14.3 Å². The molecule has 110 valence electrons. The number of carbonyl (C=O) groups excluding carboxylic acids is 1. The summed E-state index contributed by atoms with van der Waals surface area (Å²) in [5.41, 5.74) is 1.17. The number of hydrogen-bond donors (Lipinski definition) is 1. The quantitative estimate of drug-likeness (QED) is 0.867. The second kappa shape index (κ2) is 7.29. The molecule has 1 heterocycles. The van der Waals surface area contributed by atoms with Crippen LogP contribution in [0, 0.1) is 5.92 Å². The molecule has 2 rings (SSSR count). The van der Waals surface area contributed by atoms with Gasteiger partial charge in [-0.25, -0.2) is 0 Å². The zero-order valence-electron chi connectivity index (χ0n) is 12.2. The van der Waals surface area contributed by atoms with E-state index in [0.29, 0.717) is 19.8 Å². The highest BCUT2D eigenvalue weighted by Gasteiger charge is 2.22. The Morgan fingerprint density at radius 1 is 1.50 bits per heavy atom. The molecule has 0 bridgehead atoms. The molecule has 1 amide bonds. The molecule has 4 heteroatoms. The van der Waals surface area contributed by atoms with E-state index in [2.05, 4.69) is 11.4 Å². The SMILES string of the molecule is CC(C)Oc1cccc(CCNC(=O)[C@H]2CCOC2)c1. The third-order valence-electron chi connectivity index (χ3n) is 3.28. The van der Waals surface area contributed by atoms with Crippen LogP contribution in [0.1, 0.15) is 25.8 Å². The summed E-state index contributed by atoms with van der Waals surface area (Å²) in [7, 11) is 0. The molecule has 1 N–H and O–H groups in total. The highest BCUT2D eigenvalue weighted by Crippen LogP contribution is 2.15. The normalized spacial score (nSPS) is 18.2. The fraction of sp³-hybridized carbons (Fsp3) is 0.562. The van der Waals surface area contributed by atoms with Crippen molar-refractivity contribution in [2.75, 3.05) is 19.8 Å². The Morgan fingerprint density at radius 3 is 3.05 bits per heavy atom. The Bertz CT molecular complexity index is 439. The van der Waals surface area contributed by atoms with Crippen LogP contribution in [0.5, 0.6) is 5.75 Å². The summed E-state index contributed by atoms with van der Waals surface area (Å²) in [4.78, 5) is 11.8. The smallest absolute Gasteiger partial charge is 0.225 e. The summed E-state index contributed by atoms with van der Waals surface area (Å²) >= 11 is 0. The van der Waals surface area contributed by atoms with Crippen molar-refractivity contribution in [1.29, 1.82) is 0 Å². The lowest BCUT2D eigenvalue weighted by atomic mass is 10.1. The number of hydrogen-bond acceptors (Lipinski definition) is 3. The van der Waals surface area contributed by atoms with Gasteiger partial charge in [0.2, 0.25) is 5.91 Å². The van der Waals surface area contributed by atoms with Crippen molar-refractivity contribution in [2.24, 2.45) is 5.92 Å². The van der Waals surface area contributed by atoms with Gasteiger partial charge in [0, 0.05) is 13.2 Å². The summed E-state index contributed by atoms with van der Waals surface area (Å²) in [6, 6.07) is 8.03.